The monoisotopic (exact) mass is 240 g/mol. The third kappa shape index (κ3) is 1.88. The van der Waals surface area contributed by atoms with Gasteiger partial charge in [-0.3, -0.25) is 4.79 Å². The molecule has 92 valence electrons. The molecule has 0 saturated heterocycles. The molecule has 2 fully saturated rings. The molecule has 1 aromatic carbocycles. The molecule has 0 heterocycles. The maximum Gasteiger partial charge on any atom is 0.231 e. The average molecular weight is 240 g/mol. The Bertz CT molecular complexity index is 495. The summed E-state index contributed by atoms with van der Waals surface area (Å²) >= 11 is 0. The van der Waals surface area contributed by atoms with Crippen LogP contribution in [0.5, 0.6) is 0 Å². The summed E-state index contributed by atoms with van der Waals surface area (Å²) in [6, 6.07) is 11.8. The van der Waals surface area contributed by atoms with Crippen LogP contribution in [0.15, 0.2) is 30.3 Å². The number of nitriles is 1. The van der Waals surface area contributed by atoms with Gasteiger partial charge in [0.1, 0.15) is 6.04 Å². The number of hydrogen-bond donors (Lipinski definition) is 1. The van der Waals surface area contributed by atoms with Gasteiger partial charge in [-0.05, 0) is 37.2 Å². The minimum Gasteiger partial charge on any atom is -0.339 e. The molecular weight excluding hydrogens is 224 g/mol. The van der Waals surface area contributed by atoms with Gasteiger partial charge in [0.25, 0.3) is 0 Å². The molecule has 3 heteroatoms. The van der Waals surface area contributed by atoms with Crippen molar-refractivity contribution in [1.29, 1.82) is 5.26 Å². The summed E-state index contributed by atoms with van der Waals surface area (Å²) in [6.07, 6.45) is 3.92. The number of nitrogens with one attached hydrogen (secondary N) is 1. The molecule has 0 aromatic heterocycles. The second kappa shape index (κ2) is 4.13. The highest BCUT2D eigenvalue weighted by molar-refractivity contribution is 5.91. The van der Waals surface area contributed by atoms with Gasteiger partial charge in [-0.2, -0.15) is 5.26 Å². The number of nitrogens with zero attached hydrogens (tertiary/aromatic N) is 1. The number of benzene rings is 1. The van der Waals surface area contributed by atoms with Crippen molar-refractivity contribution in [3.05, 3.63) is 35.9 Å². The number of rotatable bonds is 4. The largest absolute Gasteiger partial charge is 0.339 e. The van der Waals surface area contributed by atoms with E-state index in [0.29, 0.717) is 5.92 Å². The Kier molecular flexibility index (Phi) is 2.59. The lowest BCUT2D eigenvalue weighted by Gasteiger charge is -2.18. The molecule has 1 amide bonds. The smallest absolute Gasteiger partial charge is 0.231 e. The predicted molar refractivity (Wildman–Crippen MR) is 67.6 cm³/mol. The van der Waals surface area contributed by atoms with E-state index < -0.39 is 0 Å². The first-order chi connectivity index (χ1) is 8.76. The van der Waals surface area contributed by atoms with Gasteiger partial charge in [-0.1, -0.05) is 30.3 Å². The van der Waals surface area contributed by atoms with E-state index >= 15 is 0 Å². The van der Waals surface area contributed by atoms with E-state index in [0.717, 1.165) is 31.2 Å². The highest BCUT2D eigenvalue weighted by atomic mass is 16.2. The van der Waals surface area contributed by atoms with E-state index in [2.05, 4.69) is 11.4 Å². The fourth-order valence-corrected chi connectivity index (χ4v) is 2.49. The second-order valence-electron chi connectivity index (χ2n) is 5.37. The van der Waals surface area contributed by atoms with Crippen LogP contribution in [0.2, 0.25) is 0 Å². The van der Waals surface area contributed by atoms with Crippen LogP contribution in [0.3, 0.4) is 0 Å². The van der Waals surface area contributed by atoms with Gasteiger partial charge in [0.2, 0.25) is 5.91 Å². The number of amides is 1. The van der Waals surface area contributed by atoms with Gasteiger partial charge in [-0.15, -0.1) is 0 Å². The Morgan fingerprint density at radius 1 is 1.33 bits per heavy atom. The molecule has 1 unspecified atom stereocenters. The molecule has 1 aromatic rings. The summed E-state index contributed by atoms with van der Waals surface area (Å²) in [6.45, 7) is 0. The predicted octanol–water partition coefficient (Wildman–Crippen LogP) is 2.14. The van der Waals surface area contributed by atoms with Crippen molar-refractivity contribution in [3.63, 3.8) is 0 Å². The van der Waals surface area contributed by atoms with Crippen molar-refractivity contribution >= 4 is 5.91 Å². The molecule has 0 spiro atoms. The maximum absolute atomic E-state index is 12.4. The van der Waals surface area contributed by atoms with Gasteiger partial charge in [0.15, 0.2) is 0 Å². The third-order valence-electron chi connectivity index (χ3n) is 4.03. The Morgan fingerprint density at radius 3 is 2.50 bits per heavy atom. The lowest BCUT2D eigenvalue weighted by Crippen LogP contribution is -2.42. The molecule has 3 nitrogen and oxygen atoms in total. The molecule has 0 aliphatic heterocycles. The van der Waals surface area contributed by atoms with Crippen molar-refractivity contribution < 1.29 is 4.79 Å². The van der Waals surface area contributed by atoms with Gasteiger partial charge in [0.05, 0.1) is 11.5 Å². The molecule has 2 aliphatic rings. The van der Waals surface area contributed by atoms with Crippen LogP contribution in [0.25, 0.3) is 0 Å². The first-order valence-electron chi connectivity index (χ1n) is 6.52. The summed E-state index contributed by atoms with van der Waals surface area (Å²) in [4.78, 5) is 12.4. The Balaban J connectivity index is 1.74. The first-order valence-corrected chi connectivity index (χ1v) is 6.52. The van der Waals surface area contributed by atoms with Crippen LogP contribution in [-0.2, 0) is 10.2 Å². The van der Waals surface area contributed by atoms with E-state index in [-0.39, 0.29) is 17.4 Å². The topological polar surface area (TPSA) is 52.9 Å². The summed E-state index contributed by atoms with van der Waals surface area (Å²) in [7, 11) is 0. The van der Waals surface area contributed by atoms with Crippen LogP contribution in [0.1, 0.15) is 31.2 Å². The quantitative estimate of drug-likeness (QED) is 0.876. The lowest BCUT2D eigenvalue weighted by molar-refractivity contribution is -0.124. The molecule has 3 rings (SSSR count). The minimum atomic E-state index is -0.356. The zero-order valence-corrected chi connectivity index (χ0v) is 10.2. The van der Waals surface area contributed by atoms with E-state index in [4.69, 9.17) is 5.26 Å². The zero-order valence-electron chi connectivity index (χ0n) is 10.2. The molecule has 0 radical (unpaired) electrons. The molecule has 2 saturated carbocycles. The third-order valence-corrected chi connectivity index (χ3v) is 4.03. The number of hydrogen-bond acceptors (Lipinski definition) is 2. The van der Waals surface area contributed by atoms with E-state index in [1.165, 1.54) is 0 Å². The average Bonchev–Trinajstić information content (AvgIpc) is 3.30. The number of carbonyl (C=O) groups is 1. The molecule has 0 bridgehead atoms. The van der Waals surface area contributed by atoms with Crippen LogP contribution in [0, 0.1) is 17.2 Å². The first kappa shape index (κ1) is 11.3. The molecule has 18 heavy (non-hydrogen) atoms. The van der Waals surface area contributed by atoms with Crippen LogP contribution in [0.4, 0.5) is 0 Å². The van der Waals surface area contributed by atoms with Crippen LogP contribution in [-0.4, -0.2) is 11.9 Å². The standard InChI is InChI=1S/C15H16N2O/c16-10-13(11-6-7-11)17-14(18)15(8-9-15)12-4-2-1-3-5-12/h1-5,11,13H,6-9H2,(H,17,18). The van der Waals surface area contributed by atoms with E-state index in [1.54, 1.807) is 0 Å². The van der Waals surface area contributed by atoms with Crippen molar-refractivity contribution in [3.8, 4) is 6.07 Å². The van der Waals surface area contributed by atoms with Crippen LogP contribution < -0.4 is 5.32 Å². The zero-order chi connectivity index (χ0) is 12.6. The van der Waals surface area contributed by atoms with Crippen molar-refractivity contribution in [2.24, 2.45) is 5.92 Å². The fourth-order valence-electron chi connectivity index (χ4n) is 2.49. The summed E-state index contributed by atoms with van der Waals surface area (Å²) in [5, 5.41) is 12.0. The highest BCUT2D eigenvalue weighted by Crippen LogP contribution is 2.48. The molecule has 1 atom stereocenters. The minimum absolute atomic E-state index is 0.0344. The second-order valence-corrected chi connectivity index (χ2v) is 5.37. The normalized spacial score (nSPS) is 21.7. The van der Waals surface area contributed by atoms with Gasteiger partial charge in [-0.25, -0.2) is 0 Å². The SMILES string of the molecule is N#CC(NC(=O)C1(c2ccccc2)CC1)C1CC1. The molecule has 1 N–H and O–H groups in total. The fraction of sp³-hybridized carbons (Fsp3) is 0.467. The Hall–Kier alpha value is -1.82. The van der Waals surface area contributed by atoms with E-state index in [1.807, 2.05) is 30.3 Å². The van der Waals surface area contributed by atoms with E-state index in [9.17, 15) is 4.79 Å². The molecule has 2 aliphatic carbocycles. The van der Waals surface area contributed by atoms with Crippen molar-refractivity contribution in [2.45, 2.75) is 37.1 Å². The van der Waals surface area contributed by atoms with Crippen LogP contribution >= 0.6 is 0 Å². The maximum atomic E-state index is 12.4. The van der Waals surface area contributed by atoms with Gasteiger partial charge in [0, 0.05) is 0 Å². The molecular formula is C15H16N2O. The Labute approximate surface area is 107 Å². The van der Waals surface area contributed by atoms with Crippen molar-refractivity contribution in [1.82, 2.24) is 5.32 Å². The Morgan fingerprint density at radius 2 is 2.00 bits per heavy atom. The highest BCUT2D eigenvalue weighted by Gasteiger charge is 2.52. The van der Waals surface area contributed by atoms with Gasteiger partial charge >= 0.3 is 0 Å². The summed E-state index contributed by atoms with van der Waals surface area (Å²) < 4.78 is 0. The lowest BCUT2D eigenvalue weighted by atomic mass is 9.94. The van der Waals surface area contributed by atoms with Crippen molar-refractivity contribution in [2.75, 3.05) is 0 Å². The number of carbonyl (C=O) groups excluding carboxylic acids is 1. The summed E-state index contributed by atoms with van der Waals surface area (Å²) in [5.41, 5.74) is 0.723. The van der Waals surface area contributed by atoms with Gasteiger partial charge < -0.3 is 5.32 Å². The summed E-state index contributed by atoms with van der Waals surface area (Å²) in [5.74, 6) is 0.415.